The van der Waals surface area contributed by atoms with E-state index in [1.807, 2.05) is 83.4 Å². The van der Waals surface area contributed by atoms with Gasteiger partial charge in [0.25, 0.3) is 5.91 Å². The predicted molar refractivity (Wildman–Crippen MR) is 160 cm³/mol. The van der Waals surface area contributed by atoms with Crippen molar-refractivity contribution in [2.24, 2.45) is 5.10 Å². The standard InChI is InChI=1S/C29H29BrN6O2S/c1-3-16-36-27(19-31-25-13-5-4-6-14-25)33-35-29(36)39-21(2)28(37)34-32-18-23-11-7-8-15-26(23)38-20-22-10-9-12-24(30)17-22/h3-15,17-18,21,31H,1,16,19-20H2,2H3,(H,34,37)/t21-/m1/s1. The molecule has 0 aliphatic carbocycles. The maximum absolute atomic E-state index is 12.8. The van der Waals surface area contributed by atoms with Crippen LogP contribution in [0.1, 0.15) is 23.9 Å². The minimum atomic E-state index is -0.451. The molecule has 3 aromatic carbocycles. The van der Waals surface area contributed by atoms with Crippen molar-refractivity contribution < 1.29 is 9.53 Å². The lowest BCUT2D eigenvalue weighted by molar-refractivity contribution is -0.120. The number of allylic oxidation sites excluding steroid dienone is 1. The van der Waals surface area contributed by atoms with E-state index in [1.54, 1.807) is 19.2 Å². The van der Waals surface area contributed by atoms with E-state index < -0.39 is 5.25 Å². The Bertz CT molecular complexity index is 1430. The van der Waals surface area contributed by atoms with Crippen LogP contribution in [0.2, 0.25) is 0 Å². The van der Waals surface area contributed by atoms with E-state index in [0.717, 1.165) is 27.1 Å². The molecule has 2 N–H and O–H groups in total. The van der Waals surface area contributed by atoms with Gasteiger partial charge in [0.2, 0.25) is 0 Å². The van der Waals surface area contributed by atoms with Crippen molar-refractivity contribution in [3.63, 3.8) is 0 Å². The van der Waals surface area contributed by atoms with Crippen LogP contribution in [0.3, 0.4) is 0 Å². The monoisotopic (exact) mass is 604 g/mol. The highest BCUT2D eigenvalue weighted by Gasteiger charge is 2.19. The number of anilines is 1. The number of ether oxygens (including phenoxy) is 1. The van der Waals surface area contributed by atoms with Gasteiger partial charge in [0, 0.05) is 22.3 Å². The summed E-state index contributed by atoms with van der Waals surface area (Å²) in [6.07, 6.45) is 3.36. The maximum atomic E-state index is 12.8. The highest BCUT2D eigenvalue weighted by atomic mass is 79.9. The number of para-hydroxylation sites is 2. The molecular formula is C29H29BrN6O2S. The summed E-state index contributed by atoms with van der Waals surface area (Å²) in [5.74, 6) is 1.18. The van der Waals surface area contributed by atoms with Gasteiger partial charge in [0.05, 0.1) is 18.0 Å². The number of rotatable bonds is 13. The van der Waals surface area contributed by atoms with Gasteiger partial charge in [-0.2, -0.15) is 5.10 Å². The summed E-state index contributed by atoms with van der Waals surface area (Å²) in [7, 11) is 0. The molecule has 4 aromatic rings. The second-order valence-electron chi connectivity index (χ2n) is 8.47. The van der Waals surface area contributed by atoms with Gasteiger partial charge in [-0.3, -0.25) is 4.79 Å². The third kappa shape index (κ3) is 8.30. The first-order chi connectivity index (χ1) is 19.0. The van der Waals surface area contributed by atoms with Crippen LogP contribution in [0, 0.1) is 0 Å². The quantitative estimate of drug-likeness (QED) is 0.0835. The zero-order valence-corrected chi connectivity index (χ0v) is 23.9. The van der Waals surface area contributed by atoms with E-state index in [9.17, 15) is 4.79 Å². The van der Waals surface area contributed by atoms with Crippen LogP contribution in [0.5, 0.6) is 5.75 Å². The molecule has 1 atom stereocenters. The summed E-state index contributed by atoms with van der Waals surface area (Å²) in [4.78, 5) is 12.8. The van der Waals surface area contributed by atoms with Gasteiger partial charge in [-0.25, -0.2) is 5.43 Å². The van der Waals surface area contributed by atoms with Gasteiger partial charge in [-0.05, 0) is 48.9 Å². The van der Waals surface area contributed by atoms with Gasteiger partial charge in [-0.15, -0.1) is 16.8 Å². The number of benzene rings is 3. The van der Waals surface area contributed by atoms with Crippen LogP contribution in [-0.4, -0.2) is 32.1 Å². The fourth-order valence-electron chi connectivity index (χ4n) is 3.56. The van der Waals surface area contributed by atoms with Crippen molar-refractivity contribution in [1.29, 1.82) is 0 Å². The van der Waals surface area contributed by atoms with Gasteiger partial charge in [0.15, 0.2) is 11.0 Å². The highest BCUT2D eigenvalue weighted by Crippen LogP contribution is 2.23. The molecule has 0 bridgehead atoms. The van der Waals surface area contributed by atoms with Crippen molar-refractivity contribution >= 4 is 45.5 Å². The second kappa shape index (κ2) is 14.3. The summed E-state index contributed by atoms with van der Waals surface area (Å²) < 4.78 is 8.93. The first-order valence-corrected chi connectivity index (χ1v) is 14.0. The Balaban J connectivity index is 1.34. The van der Waals surface area contributed by atoms with Crippen molar-refractivity contribution in [2.75, 3.05) is 5.32 Å². The van der Waals surface area contributed by atoms with E-state index in [0.29, 0.717) is 30.6 Å². The molecule has 0 spiro atoms. The molecule has 0 aliphatic heterocycles. The summed E-state index contributed by atoms with van der Waals surface area (Å²) in [5.41, 5.74) is 5.41. The van der Waals surface area contributed by atoms with Gasteiger partial charge in [0.1, 0.15) is 12.4 Å². The molecule has 0 aliphatic rings. The third-order valence-electron chi connectivity index (χ3n) is 5.56. The molecule has 1 aromatic heterocycles. The smallest absolute Gasteiger partial charge is 0.253 e. The fourth-order valence-corrected chi connectivity index (χ4v) is 4.88. The lowest BCUT2D eigenvalue weighted by Crippen LogP contribution is -2.27. The molecule has 0 saturated carbocycles. The minimum Gasteiger partial charge on any atom is -0.488 e. The largest absolute Gasteiger partial charge is 0.488 e. The summed E-state index contributed by atoms with van der Waals surface area (Å²) in [5, 5.41) is 16.3. The molecule has 10 heteroatoms. The Labute approximate surface area is 240 Å². The maximum Gasteiger partial charge on any atom is 0.253 e. The Hall–Kier alpha value is -3.89. The third-order valence-corrected chi connectivity index (χ3v) is 7.14. The lowest BCUT2D eigenvalue weighted by atomic mass is 10.2. The number of halogens is 1. The molecule has 0 fully saturated rings. The number of carbonyl (C=O) groups is 1. The zero-order chi connectivity index (χ0) is 27.5. The normalized spacial score (nSPS) is 11.7. The van der Waals surface area contributed by atoms with Crippen molar-refractivity contribution in [1.82, 2.24) is 20.2 Å². The molecular weight excluding hydrogens is 576 g/mol. The SMILES string of the molecule is C=CCn1c(CNc2ccccc2)nnc1S[C@H](C)C(=O)NN=Cc1ccccc1OCc1cccc(Br)c1. The number of thioether (sulfide) groups is 1. The molecule has 0 radical (unpaired) electrons. The average Bonchev–Trinajstić information content (AvgIpc) is 3.32. The van der Waals surface area contributed by atoms with Crippen LogP contribution in [0.4, 0.5) is 5.69 Å². The number of hydrogen-bond donors (Lipinski definition) is 2. The van der Waals surface area contributed by atoms with Crippen LogP contribution >= 0.6 is 27.7 Å². The number of aromatic nitrogens is 3. The van der Waals surface area contributed by atoms with Gasteiger partial charge in [-0.1, -0.05) is 76.2 Å². The topological polar surface area (TPSA) is 93.4 Å². The number of amides is 1. The van der Waals surface area contributed by atoms with Crippen molar-refractivity contribution in [3.8, 4) is 5.75 Å². The highest BCUT2D eigenvalue weighted by molar-refractivity contribution is 9.10. The Kier molecular flexibility index (Phi) is 10.3. The lowest BCUT2D eigenvalue weighted by Gasteiger charge is -2.12. The van der Waals surface area contributed by atoms with Crippen LogP contribution < -0.4 is 15.5 Å². The molecule has 4 rings (SSSR count). The van der Waals surface area contributed by atoms with E-state index in [1.165, 1.54) is 11.8 Å². The zero-order valence-electron chi connectivity index (χ0n) is 21.5. The Morgan fingerprint density at radius 2 is 1.92 bits per heavy atom. The molecule has 0 saturated heterocycles. The van der Waals surface area contributed by atoms with Crippen LogP contribution in [0.15, 0.2) is 106 Å². The fraction of sp³-hybridized carbons (Fsp3) is 0.172. The molecule has 0 unspecified atom stereocenters. The first-order valence-electron chi connectivity index (χ1n) is 12.3. The molecule has 39 heavy (non-hydrogen) atoms. The molecule has 1 heterocycles. The first kappa shape index (κ1) is 28.1. The number of carbonyl (C=O) groups excluding carboxylic acids is 1. The summed E-state index contributed by atoms with van der Waals surface area (Å²) in [6.45, 7) is 7.10. The van der Waals surface area contributed by atoms with Gasteiger partial charge >= 0.3 is 0 Å². The predicted octanol–water partition coefficient (Wildman–Crippen LogP) is 6.05. The van der Waals surface area contributed by atoms with Crippen LogP contribution in [-0.2, 0) is 24.5 Å². The van der Waals surface area contributed by atoms with Gasteiger partial charge < -0.3 is 14.6 Å². The van der Waals surface area contributed by atoms with E-state index in [2.05, 4.69) is 48.6 Å². The number of nitrogens with one attached hydrogen (secondary N) is 2. The van der Waals surface area contributed by atoms with Crippen molar-refractivity contribution in [3.05, 3.63) is 113 Å². The van der Waals surface area contributed by atoms with E-state index >= 15 is 0 Å². The second-order valence-corrected chi connectivity index (χ2v) is 10.7. The number of hydrogen-bond acceptors (Lipinski definition) is 7. The van der Waals surface area contributed by atoms with E-state index in [-0.39, 0.29) is 5.91 Å². The van der Waals surface area contributed by atoms with Crippen molar-refractivity contribution in [2.45, 2.75) is 37.0 Å². The number of nitrogens with zero attached hydrogens (tertiary/aromatic N) is 4. The molecule has 1 amide bonds. The Morgan fingerprint density at radius 3 is 2.72 bits per heavy atom. The minimum absolute atomic E-state index is 0.249. The molecule has 8 nitrogen and oxygen atoms in total. The molecule has 200 valence electrons. The number of hydrazone groups is 1. The summed E-state index contributed by atoms with van der Waals surface area (Å²) >= 11 is 4.79. The Morgan fingerprint density at radius 1 is 1.13 bits per heavy atom. The average molecular weight is 606 g/mol. The van der Waals surface area contributed by atoms with Crippen LogP contribution in [0.25, 0.3) is 0 Å². The van der Waals surface area contributed by atoms with E-state index in [4.69, 9.17) is 4.74 Å². The summed E-state index contributed by atoms with van der Waals surface area (Å²) in [6, 6.07) is 25.4.